The third-order valence-electron chi connectivity index (χ3n) is 7.40. The number of rotatable bonds is 28. The van der Waals surface area contributed by atoms with Gasteiger partial charge in [0, 0.05) is 13.0 Å². The summed E-state index contributed by atoms with van der Waals surface area (Å²) in [4.78, 5) is 54.1. The van der Waals surface area contributed by atoms with Gasteiger partial charge in [0.2, 0.25) is 5.91 Å². The zero-order chi connectivity index (χ0) is 33.0. The number of hydrogen-bond donors (Lipinski definition) is 3. The van der Waals surface area contributed by atoms with Crippen LogP contribution in [0, 0.1) is 11.8 Å². The standard InChI is InChI=1S/C33H62N4O7/c1-5-9-11-18-26(16-7-3)30(39)42-23-13-14-24-44-32(41)28(21-22-36-33(34)35)37-29(38)20-15-25-43-31(40)27(17-8-4)19-12-10-6-2/h26-28H,5-25H2,1-4H3,(H,37,38)(H4,34,35,36)/t26?,27?,28-/m0/s1. The number of amides is 1. The molecule has 0 aromatic heterocycles. The van der Waals surface area contributed by atoms with E-state index < -0.39 is 12.0 Å². The van der Waals surface area contributed by atoms with E-state index in [0.717, 1.165) is 77.0 Å². The lowest BCUT2D eigenvalue weighted by molar-refractivity contribution is -0.151. The topological polar surface area (TPSA) is 172 Å². The second kappa shape index (κ2) is 27.7. The molecule has 1 amide bonds. The summed E-state index contributed by atoms with van der Waals surface area (Å²) in [6.07, 6.45) is 13.3. The van der Waals surface area contributed by atoms with Gasteiger partial charge in [-0.2, -0.15) is 0 Å². The maximum Gasteiger partial charge on any atom is 0.328 e. The Morgan fingerprint density at radius 2 is 1.07 bits per heavy atom. The van der Waals surface area contributed by atoms with Gasteiger partial charge in [-0.1, -0.05) is 79.1 Å². The molecule has 2 unspecified atom stereocenters. The molecule has 256 valence electrons. The first kappa shape index (κ1) is 41.1. The van der Waals surface area contributed by atoms with Crippen molar-refractivity contribution in [3.05, 3.63) is 0 Å². The number of carbonyl (C=O) groups is 4. The van der Waals surface area contributed by atoms with E-state index in [2.05, 4.69) is 38.0 Å². The highest BCUT2D eigenvalue weighted by molar-refractivity contribution is 5.84. The summed E-state index contributed by atoms with van der Waals surface area (Å²) in [5.41, 5.74) is 10.8. The molecule has 0 heterocycles. The molecule has 0 saturated heterocycles. The van der Waals surface area contributed by atoms with Crippen LogP contribution in [0.4, 0.5) is 0 Å². The van der Waals surface area contributed by atoms with E-state index >= 15 is 0 Å². The highest BCUT2D eigenvalue weighted by Gasteiger charge is 2.23. The molecular weight excluding hydrogens is 564 g/mol. The second-order valence-corrected chi connectivity index (χ2v) is 11.5. The molecule has 44 heavy (non-hydrogen) atoms. The highest BCUT2D eigenvalue weighted by Crippen LogP contribution is 2.19. The number of nitrogens with two attached hydrogens (primary N) is 2. The van der Waals surface area contributed by atoms with Gasteiger partial charge in [-0.05, 0) is 51.4 Å². The number of guanidine groups is 1. The van der Waals surface area contributed by atoms with Crippen molar-refractivity contribution in [3.63, 3.8) is 0 Å². The lowest BCUT2D eigenvalue weighted by Crippen LogP contribution is -2.42. The van der Waals surface area contributed by atoms with Crippen molar-refractivity contribution >= 4 is 29.8 Å². The average molecular weight is 627 g/mol. The zero-order valence-corrected chi connectivity index (χ0v) is 28.0. The van der Waals surface area contributed by atoms with Crippen LogP contribution in [0.3, 0.4) is 0 Å². The van der Waals surface area contributed by atoms with Crippen LogP contribution in [0.15, 0.2) is 4.99 Å². The minimum absolute atomic E-state index is 0.0560. The number of nitrogens with zero attached hydrogens (tertiary/aromatic N) is 1. The van der Waals surface area contributed by atoms with Gasteiger partial charge >= 0.3 is 17.9 Å². The fourth-order valence-electron chi connectivity index (χ4n) is 4.87. The van der Waals surface area contributed by atoms with Crippen LogP contribution >= 0.6 is 0 Å². The number of hydrogen-bond acceptors (Lipinski definition) is 8. The Kier molecular flexibility index (Phi) is 25.9. The van der Waals surface area contributed by atoms with Crippen molar-refractivity contribution in [2.75, 3.05) is 26.4 Å². The monoisotopic (exact) mass is 626 g/mol. The maximum absolute atomic E-state index is 12.7. The lowest BCUT2D eigenvalue weighted by atomic mass is 9.97. The minimum Gasteiger partial charge on any atom is -0.465 e. The van der Waals surface area contributed by atoms with Gasteiger partial charge in [0.15, 0.2) is 5.96 Å². The van der Waals surface area contributed by atoms with E-state index in [1.807, 2.05) is 0 Å². The van der Waals surface area contributed by atoms with Crippen LogP contribution < -0.4 is 16.8 Å². The lowest BCUT2D eigenvalue weighted by Gasteiger charge is -2.18. The molecule has 11 nitrogen and oxygen atoms in total. The van der Waals surface area contributed by atoms with Crippen LogP contribution in [0.1, 0.15) is 137 Å². The molecule has 0 rings (SSSR count). The molecule has 0 bridgehead atoms. The maximum atomic E-state index is 12.7. The molecule has 0 aliphatic carbocycles. The van der Waals surface area contributed by atoms with Crippen molar-refractivity contribution in [2.24, 2.45) is 28.3 Å². The molecule has 0 aromatic carbocycles. The van der Waals surface area contributed by atoms with Crippen molar-refractivity contribution in [1.29, 1.82) is 0 Å². The highest BCUT2D eigenvalue weighted by atomic mass is 16.5. The molecular formula is C33H62N4O7. The fraction of sp³-hybridized carbons (Fsp3) is 0.848. The van der Waals surface area contributed by atoms with Gasteiger partial charge in [0.05, 0.1) is 31.7 Å². The summed E-state index contributed by atoms with van der Waals surface area (Å²) >= 11 is 0. The van der Waals surface area contributed by atoms with Crippen LogP contribution in [0.5, 0.6) is 0 Å². The van der Waals surface area contributed by atoms with Crippen molar-refractivity contribution in [3.8, 4) is 0 Å². The van der Waals surface area contributed by atoms with Gasteiger partial charge in [-0.15, -0.1) is 0 Å². The van der Waals surface area contributed by atoms with Crippen molar-refractivity contribution < 1.29 is 33.4 Å². The second-order valence-electron chi connectivity index (χ2n) is 11.5. The van der Waals surface area contributed by atoms with E-state index in [-0.39, 0.29) is 74.8 Å². The molecule has 0 aliphatic heterocycles. The largest absolute Gasteiger partial charge is 0.465 e. The Balaban J connectivity index is 4.59. The zero-order valence-electron chi connectivity index (χ0n) is 28.0. The third kappa shape index (κ3) is 21.8. The summed E-state index contributed by atoms with van der Waals surface area (Å²) in [5, 5.41) is 2.69. The normalized spacial score (nSPS) is 12.9. The number of carbonyl (C=O) groups excluding carboxylic acids is 4. The Bertz CT molecular complexity index is 818. The molecule has 3 atom stereocenters. The van der Waals surface area contributed by atoms with Crippen molar-refractivity contribution in [2.45, 2.75) is 143 Å². The van der Waals surface area contributed by atoms with Gasteiger partial charge in [0.1, 0.15) is 6.04 Å². The summed E-state index contributed by atoms with van der Waals surface area (Å²) in [5.74, 6) is -1.55. The number of aliphatic imine (C=N–C) groups is 1. The van der Waals surface area contributed by atoms with E-state index in [4.69, 9.17) is 25.7 Å². The smallest absolute Gasteiger partial charge is 0.328 e. The van der Waals surface area contributed by atoms with E-state index in [0.29, 0.717) is 19.3 Å². The molecule has 0 saturated carbocycles. The summed E-state index contributed by atoms with van der Waals surface area (Å²) < 4.78 is 16.3. The van der Waals surface area contributed by atoms with Crippen LogP contribution in [0.2, 0.25) is 0 Å². The summed E-state index contributed by atoms with van der Waals surface area (Å²) in [6, 6.07) is -0.920. The fourth-order valence-corrected chi connectivity index (χ4v) is 4.87. The van der Waals surface area contributed by atoms with Crippen LogP contribution in [-0.4, -0.2) is 62.2 Å². The number of esters is 3. The average Bonchev–Trinajstić information content (AvgIpc) is 2.99. The van der Waals surface area contributed by atoms with Gasteiger partial charge in [-0.3, -0.25) is 19.4 Å². The first-order valence-electron chi connectivity index (χ1n) is 17.0. The third-order valence-corrected chi connectivity index (χ3v) is 7.40. The molecule has 0 spiro atoms. The van der Waals surface area contributed by atoms with Crippen LogP contribution in [-0.2, 0) is 33.4 Å². The number of ether oxygens (including phenoxy) is 3. The van der Waals surface area contributed by atoms with E-state index in [1.165, 1.54) is 0 Å². The van der Waals surface area contributed by atoms with Crippen molar-refractivity contribution in [1.82, 2.24) is 5.32 Å². The SMILES string of the molecule is CCCCCC(CCC)C(=O)OCCCCOC(=O)[C@H](CCN=C(N)N)NC(=O)CCCOC(=O)C(CCC)CCCCC. The predicted octanol–water partition coefficient (Wildman–Crippen LogP) is 5.32. The molecule has 11 heteroatoms. The predicted molar refractivity (Wildman–Crippen MR) is 174 cm³/mol. The van der Waals surface area contributed by atoms with Gasteiger partial charge in [-0.25, -0.2) is 4.79 Å². The Morgan fingerprint density at radius 1 is 0.591 bits per heavy atom. The number of nitrogens with one attached hydrogen (secondary N) is 1. The first-order chi connectivity index (χ1) is 21.2. The number of unbranched alkanes of at least 4 members (excludes halogenated alkanes) is 5. The molecule has 0 aromatic rings. The molecule has 0 radical (unpaired) electrons. The quantitative estimate of drug-likeness (QED) is 0.0342. The molecule has 0 aliphatic rings. The van der Waals surface area contributed by atoms with Gasteiger partial charge in [0.25, 0.3) is 0 Å². The first-order valence-corrected chi connectivity index (χ1v) is 17.0. The summed E-state index contributed by atoms with van der Waals surface area (Å²) in [6.45, 7) is 9.08. The summed E-state index contributed by atoms with van der Waals surface area (Å²) in [7, 11) is 0. The minimum atomic E-state index is -0.920. The Morgan fingerprint density at radius 3 is 1.52 bits per heavy atom. The van der Waals surface area contributed by atoms with Gasteiger partial charge < -0.3 is 31.0 Å². The Labute approximate surface area is 266 Å². The molecule has 0 fully saturated rings. The van der Waals surface area contributed by atoms with Crippen LogP contribution in [0.25, 0.3) is 0 Å². The van der Waals surface area contributed by atoms with E-state index in [9.17, 15) is 19.2 Å². The molecule has 5 N–H and O–H groups in total. The van der Waals surface area contributed by atoms with E-state index in [1.54, 1.807) is 0 Å². The Hall–Kier alpha value is -2.85.